The van der Waals surface area contributed by atoms with Gasteiger partial charge in [-0.15, -0.1) is 0 Å². The highest BCUT2D eigenvalue weighted by Gasteiger charge is 2.26. The molecule has 1 aliphatic carbocycles. The van der Waals surface area contributed by atoms with E-state index in [2.05, 4.69) is 10.2 Å². The number of benzene rings is 1. The third kappa shape index (κ3) is 1.64. The molecule has 3 rings (SSSR count). The lowest BCUT2D eigenvalue weighted by Gasteiger charge is -2.36. The number of hydrogen-bond acceptors (Lipinski definition) is 2. The Morgan fingerprint density at radius 1 is 1.25 bits per heavy atom. The Morgan fingerprint density at radius 3 is 2.88 bits per heavy atom. The van der Waals surface area contributed by atoms with Crippen molar-refractivity contribution in [1.82, 2.24) is 0 Å². The molecule has 3 heteroatoms. The first-order valence-corrected chi connectivity index (χ1v) is 6.15. The van der Waals surface area contributed by atoms with Gasteiger partial charge in [0.25, 0.3) is 0 Å². The number of nitrogens with one attached hydrogen (secondary N) is 1. The molecule has 0 bridgehead atoms. The first kappa shape index (κ1) is 9.94. The Balaban J connectivity index is 1.93. The van der Waals surface area contributed by atoms with Crippen LogP contribution in [-0.4, -0.2) is 19.1 Å². The summed E-state index contributed by atoms with van der Waals surface area (Å²) in [6.07, 6.45) is 5.25. The van der Waals surface area contributed by atoms with Crippen molar-refractivity contribution < 1.29 is 4.39 Å². The Morgan fingerprint density at radius 2 is 2.06 bits per heavy atom. The predicted octanol–water partition coefficient (Wildman–Crippen LogP) is 3.00. The van der Waals surface area contributed by atoms with Gasteiger partial charge in [0.1, 0.15) is 5.82 Å². The molecule has 86 valence electrons. The van der Waals surface area contributed by atoms with E-state index in [4.69, 9.17) is 0 Å². The van der Waals surface area contributed by atoms with Crippen LogP contribution < -0.4 is 10.2 Å². The molecule has 1 heterocycles. The highest BCUT2D eigenvalue weighted by Crippen LogP contribution is 2.35. The lowest BCUT2D eigenvalue weighted by Crippen LogP contribution is -2.40. The first-order chi connectivity index (χ1) is 7.84. The summed E-state index contributed by atoms with van der Waals surface area (Å²) >= 11 is 0. The lowest BCUT2D eigenvalue weighted by atomic mass is 10.1. The van der Waals surface area contributed by atoms with E-state index in [0.29, 0.717) is 6.04 Å². The normalized spacial score (nSPS) is 20.7. The summed E-state index contributed by atoms with van der Waals surface area (Å²) in [5.41, 5.74) is 2.14. The van der Waals surface area contributed by atoms with Gasteiger partial charge in [-0.1, -0.05) is 12.8 Å². The topological polar surface area (TPSA) is 15.3 Å². The monoisotopic (exact) mass is 220 g/mol. The Kier molecular flexibility index (Phi) is 2.46. The average Bonchev–Trinajstić information content (AvgIpc) is 2.81. The van der Waals surface area contributed by atoms with E-state index in [-0.39, 0.29) is 5.82 Å². The number of nitrogens with zero attached hydrogens (tertiary/aromatic N) is 1. The molecule has 1 aromatic carbocycles. The van der Waals surface area contributed by atoms with Gasteiger partial charge in [-0.3, -0.25) is 0 Å². The van der Waals surface area contributed by atoms with Gasteiger partial charge >= 0.3 is 0 Å². The SMILES string of the molecule is Fc1ccc2c(c1)NCCN2C1CCCC1. The Labute approximate surface area is 95.4 Å². The first-order valence-electron chi connectivity index (χ1n) is 6.15. The van der Waals surface area contributed by atoms with Crippen LogP contribution in [-0.2, 0) is 0 Å². The standard InChI is InChI=1S/C13H17FN2/c14-10-5-6-13-12(9-10)15-7-8-16(13)11-3-1-2-4-11/h5-6,9,11,15H,1-4,7-8H2. The number of halogens is 1. The minimum Gasteiger partial charge on any atom is -0.382 e. The fraction of sp³-hybridized carbons (Fsp3) is 0.538. The van der Waals surface area contributed by atoms with Crippen LogP contribution in [0.4, 0.5) is 15.8 Å². The largest absolute Gasteiger partial charge is 0.382 e. The maximum absolute atomic E-state index is 13.1. The van der Waals surface area contributed by atoms with Gasteiger partial charge in [0, 0.05) is 19.1 Å². The molecule has 1 fully saturated rings. The highest BCUT2D eigenvalue weighted by molar-refractivity contribution is 5.72. The van der Waals surface area contributed by atoms with Crippen molar-refractivity contribution >= 4 is 11.4 Å². The number of hydrogen-bond donors (Lipinski definition) is 1. The fourth-order valence-corrected chi connectivity index (χ4v) is 2.93. The summed E-state index contributed by atoms with van der Waals surface area (Å²) < 4.78 is 13.1. The maximum atomic E-state index is 13.1. The van der Waals surface area contributed by atoms with Crippen molar-refractivity contribution in [3.8, 4) is 0 Å². The quantitative estimate of drug-likeness (QED) is 0.782. The van der Waals surface area contributed by atoms with Crippen LogP contribution in [0.2, 0.25) is 0 Å². The van der Waals surface area contributed by atoms with Crippen LogP contribution in [0.3, 0.4) is 0 Å². The van der Waals surface area contributed by atoms with Gasteiger partial charge in [0.05, 0.1) is 11.4 Å². The molecule has 1 aliphatic heterocycles. The van der Waals surface area contributed by atoms with Gasteiger partial charge in [0.15, 0.2) is 0 Å². The number of anilines is 2. The molecule has 2 aliphatic rings. The van der Waals surface area contributed by atoms with E-state index in [9.17, 15) is 4.39 Å². The van der Waals surface area contributed by atoms with Gasteiger partial charge < -0.3 is 10.2 Å². The molecule has 0 saturated heterocycles. The predicted molar refractivity (Wildman–Crippen MR) is 64.5 cm³/mol. The number of rotatable bonds is 1. The lowest BCUT2D eigenvalue weighted by molar-refractivity contribution is 0.600. The molecule has 2 nitrogen and oxygen atoms in total. The molecule has 0 aromatic heterocycles. The highest BCUT2D eigenvalue weighted by atomic mass is 19.1. The Hall–Kier alpha value is -1.25. The number of fused-ring (bicyclic) bond motifs is 1. The van der Waals surface area contributed by atoms with E-state index >= 15 is 0 Å². The minimum atomic E-state index is -0.153. The van der Waals surface area contributed by atoms with Crippen LogP contribution in [0, 0.1) is 5.82 Å². The van der Waals surface area contributed by atoms with Crippen LogP contribution in [0.15, 0.2) is 18.2 Å². The molecule has 1 saturated carbocycles. The van der Waals surface area contributed by atoms with E-state index < -0.39 is 0 Å². The second kappa shape index (κ2) is 3.96. The van der Waals surface area contributed by atoms with Crippen LogP contribution in [0.5, 0.6) is 0 Å². The third-order valence-corrected chi connectivity index (χ3v) is 3.70. The van der Waals surface area contributed by atoms with Crippen LogP contribution in [0.25, 0.3) is 0 Å². The second-order valence-corrected chi connectivity index (χ2v) is 4.72. The molecule has 1 N–H and O–H groups in total. The van der Waals surface area contributed by atoms with Crippen molar-refractivity contribution in [2.24, 2.45) is 0 Å². The average molecular weight is 220 g/mol. The summed E-state index contributed by atoms with van der Waals surface area (Å²) in [6, 6.07) is 5.76. The van der Waals surface area contributed by atoms with Crippen molar-refractivity contribution in [3.63, 3.8) is 0 Å². The fourth-order valence-electron chi connectivity index (χ4n) is 2.93. The van der Waals surface area contributed by atoms with E-state index in [1.165, 1.54) is 31.4 Å². The van der Waals surface area contributed by atoms with Crippen LogP contribution in [0.1, 0.15) is 25.7 Å². The molecule has 0 amide bonds. The maximum Gasteiger partial charge on any atom is 0.125 e. The molecule has 0 radical (unpaired) electrons. The smallest absolute Gasteiger partial charge is 0.125 e. The zero-order chi connectivity index (χ0) is 11.0. The van der Waals surface area contributed by atoms with Crippen molar-refractivity contribution in [2.45, 2.75) is 31.7 Å². The zero-order valence-electron chi connectivity index (χ0n) is 9.38. The summed E-state index contributed by atoms with van der Waals surface area (Å²) in [5, 5.41) is 3.28. The summed E-state index contributed by atoms with van der Waals surface area (Å²) in [7, 11) is 0. The van der Waals surface area contributed by atoms with Crippen molar-refractivity contribution in [2.75, 3.05) is 23.3 Å². The summed E-state index contributed by atoms with van der Waals surface area (Å²) in [4.78, 5) is 2.46. The van der Waals surface area contributed by atoms with Crippen molar-refractivity contribution in [1.29, 1.82) is 0 Å². The van der Waals surface area contributed by atoms with Gasteiger partial charge in [0.2, 0.25) is 0 Å². The molecule has 16 heavy (non-hydrogen) atoms. The molecular formula is C13H17FN2. The van der Waals surface area contributed by atoms with Gasteiger partial charge in [-0.05, 0) is 31.0 Å². The summed E-state index contributed by atoms with van der Waals surface area (Å²) in [6.45, 7) is 1.97. The van der Waals surface area contributed by atoms with E-state index in [1.807, 2.05) is 6.07 Å². The molecule has 0 spiro atoms. The molecular weight excluding hydrogens is 203 g/mol. The zero-order valence-corrected chi connectivity index (χ0v) is 9.38. The Bertz CT molecular complexity index is 386. The van der Waals surface area contributed by atoms with Crippen molar-refractivity contribution in [3.05, 3.63) is 24.0 Å². The third-order valence-electron chi connectivity index (χ3n) is 3.70. The molecule has 1 aromatic rings. The second-order valence-electron chi connectivity index (χ2n) is 4.72. The van der Waals surface area contributed by atoms with Gasteiger partial charge in [-0.2, -0.15) is 0 Å². The molecule has 0 unspecified atom stereocenters. The van der Waals surface area contributed by atoms with E-state index in [1.54, 1.807) is 12.1 Å². The van der Waals surface area contributed by atoms with E-state index in [0.717, 1.165) is 18.8 Å². The molecule has 0 atom stereocenters. The minimum absolute atomic E-state index is 0.153. The summed E-state index contributed by atoms with van der Waals surface area (Å²) in [5.74, 6) is -0.153. The van der Waals surface area contributed by atoms with Crippen LogP contribution >= 0.6 is 0 Å². The van der Waals surface area contributed by atoms with Gasteiger partial charge in [-0.25, -0.2) is 4.39 Å².